The second-order valence-corrected chi connectivity index (χ2v) is 4.96. The van der Waals surface area contributed by atoms with Crippen LogP contribution in [0.2, 0.25) is 0 Å². The van der Waals surface area contributed by atoms with Gasteiger partial charge >= 0.3 is 0 Å². The number of nitro benzene ring substituents is 1. The van der Waals surface area contributed by atoms with Gasteiger partial charge < -0.3 is 14.2 Å². The van der Waals surface area contributed by atoms with Crippen LogP contribution in [0.3, 0.4) is 0 Å². The average molecular weight is 304 g/mol. The Morgan fingerprint density at radius 2 is 2.14 bits per heavy atom. The molecule has 22 heavy (non-hydrogen) atoms. The highest BCUT2D eigenvalue weighted by molar-refractivity contribution is 5.66. The number of non-ortho nitro benzene ring substituents is 1. The summed E-state index contributed by atoms with van der Waals surface area (Å²) >= 11 is 0. The fourth-order valence-electron chi connectivity index (χ4n) is 2.29. The number of aliphatic imine (C=N–C) groups is 1. The SMILES string of the molecule is CN1C=Nc2c(ccn2C)C1Oc1ccc([N+](=O)[O-])cc1F. The molecule has 0 N–H and O–H groups in total. The van der Waals surface area contributed by atoms with Gasteiger partial charge in [0.15, 0.2) is 11.6 Å². The van der Waals surface area contributed by atoms with Gasteiger partial charge in [0.05, 0.1) is 22.9 Å². The molecule has 1 atom stereocenters. The lowest BCUT2D eigenvalue weighted by Crippen LogP contribution is -2.30. The summed E-state index contributed by atoms with van der Waals surface area (Å²) in [6.45, 7) is 0. The molecule has 3 rings (SSSR count). The van der Waals surface area contributed by atoms with E-state index in [9.17, 15) is 14.5 Å². The Labute approximate surface area is 125 Å². The van der Waals surface area contributed by atoms with Crippen LogP contribution in [-0.4, -0.2) is 27.8 Å². The lowest BCUT2D eigenvalue weighted by Gasteiger charge is -2.29. The fourth-order valence-corrected chi connectivity index (χ4v) is 2.29. The van der Waals surface area contributed by atoms with E-state index in [4.69, 9.17) is 4.74 Å². The zero-order valence-corrected chi connectivity index (χ0v) is 11.9. The van der Waals surface area contributed by atoms with Gasteiger partial charge in [-0.25, -0.2) is 9.38 Å². The second-order valence-electron chi connectivity index (χ2n) is 4.96. The number of benzene rings is 1. The summed E-state index contributed by atoms with van der Waals surface area (Å²) in [4.78, 5) is 16.0. The van der Waals surface area contributed by atoms with Crippen molar-refractivity contribution in [1.82, 2.24) is 9.47 Å². The summed E-state index contributed by atoms with van der Waals surface area (Å²) in [6, 6.07) is 5.16. The van der Waals surface area contributed by atoms with Crippen molar-refractivity contribution in [2.45, 2.75) is 6.23 Å². The van der Waals surface area contributed by atoms with Crippen LogP contribution in [0.1, 0.15) is 11.8 Å². The van der Waals surface area contributed by atoms with E-state index in [1.54, 1.807) is 18.3 Å². The summed E-state index contributed by atoms with van der Waals surface area (Å²) in [7, 11) is 3.61. The third-order valence-corrected chi connectivity index (χ3v) is 3.43. The first-order chi connectivity index (χ1) is 10.5. The molecular formula is C14H13FN4O3. The third-order valence-electron chi connectivity index (χ3n) is 3.43. The number of nitrogens with zero attached hydrogens (tertiary/aromatic N) is 4. The maximum absolute atomic E-state index is 14.0. The number of nitro groups is 1. The fraction of sp³-hybridized carbons (Fsp3) is 0.214. The first kappa shape index (κ1) is 14.1. The topological polar surface area (TPSA) is 72.9 Å². The van der Waals surface area contributed by atoms with Crippen LogP contribution in [0.4, 0.5) is 15.9 Å². The molecule has 0 fully saturated rings. The molecule has 1 aromatic carbocycles. The van der Waals surface area contributed by atoms with Crippen molar-refractivity contribution in [3.63, 3.8) is 0 Å². The summed E-state index contributed by atoms with van der Waals surface area (Å²) in [5.41, 5.74) is 0.481. The van der Waals surface area contributed by atoms with Crippen molar-refractivity contribution in [1.29, 1.82) is 0 Å². The largest absolute Gasteiger partial charge is 0.463 e. The maximum atomic E-state index is 14.0. The molecule has 2 heterocycles. The van der Waals surface area contributed by atoms with E-state index < -0.39 is 17.0 Å². The summed E-state index contributed by atoms with van der Waals surface area (Å²) in [5.74, 6) is -0.0967. The zero-order valence-electron chi connectivity index (χ0n) is 11.9. The first-order valence-corrected chi connectivity index (χ1v) is 6.49. The Morgan fingerprint density at radius 3 is 2.82 bits per heavy atom. The smallest absolute Gasteiger partial charge is 0.272 e. The molecule has 0 radical (unpaired) electrons. The Bertz CT molecular complexity index is 771. The van der Waals surface area contributed by atoms with Gasteiger partial charge in [-0.1, -0.05) is 0 Å². The van der Waals surface area contributed by atoms with Crippen molar-refractivity contribution >= 4 is 17.8 Å². The molecule has 7 nitrogen and oxygen atoms in total. The molecule has 114 valence electrons. The molecule has 1 aromatic heterocycles. The number of aromatic nitrogens is 1. The zero-order chi connectivity index (χ0) is 15.9. The Kier molecular flexibility index (Phi) is 3.28. The van der Waals surface area contributed by atoms with E-state index in [2.05, 4.69) is 4.99 Å². The van der Waals surface area contributed by atoms with Crippen LogP contribution < -0.4 is 4.74 Å². The minimum Gasteiger partial charge on any atom is -0.463 e. The van der Waals surface area contributed by atoms with Crippen molar-refractivity contribution < 1.29 is 14.1 Å². The molecular weight excluding hydrogens is 291 g/mol. The normalized spacial score (nSPS) is 16.5. The molecule has 2 aromatic rings. The highest BCUT2D eigenvalue weighted by Gasteiger charge is 2.27. The standard InChI is InChI=1S/C14H13FN4O3/c1-17-6-5-10-13(17)16-8-18(2)14(10)22-12-4-3-9(19(20)21)7-11(12)15/h3-8,14H,1-2H3. The summed E-state index contributed by atoms with van der Waals surface area (Å²) in [5, 5.41) is 10.6. The number of rotatable bonds is 3. The number of fused-ring (bicyclic) bond motifs is 1. The van der Waals surface area contributed by atoms with E-state index in [0.29, 0.717) is 0 Å². The molecule has 0 saturated heterocycles. The number of ether oxygens (including phenoxy) is 1. The van der Waals surface area contributed by atoms with Gasteiger partial charge in [-0.3, -0.25) is 10.1 Å². The van der Waals surface area contributed by atoms with Crippen LogP contribution >= 0.6 is 0 Å². The van der Waals surface area contributed by atoms with Crippen molar-refractivity contribution in [3.05, 3.63) is 52.0 Å². The van der Waals surface area contributed by atoms with E-state index >= 15 is 0 Å². The minimum atomic E-state index is -0.775. The van der Waals surface area contributed by atoms with Crippen molar-refractivity contribution in [2.75, 3.05) is 7.05 Å². The molecule has 1 unspecified atom stereocenters. The molecule has 0 bridgehead atoms. The summed E-state index contributed by atoms with van der Waals surface area (Å²) in [6.07, 6.45) is 2.88. The molecule has 8 heteroatoms. The maximum Gasteiger partial charge on any atom is 0.272 e. The minimum absolute atomic E-state index is 0.0486. The predicted octanol–water partition coefficient (Wildman–Crippen LogP) is 2.76. The van der Waals surface area contributed by atoms with E-state index in [1.807, 2.05) is 23.9 Å². The van der Waals surface area contributed by atoms with Gasteiger partial charge in [-0.05, 0) is 12.1 Å². The van der Waals surface area contributed by atoms with E-state index in [1.165, 1.54) is 12.1 Å². The Morgan fingerprint density at radius 1 is 1.36 bits per heavy atom. The van der Waals surface area contributed by atoms with Crippen LogP contribution in [0.15, 0.2) is 35.5 Å². The van der Waals surface area contributed by atoms with Gasteiger partial charge in [0.2, 0.25) is 6.23 Å². The number of hydrogen-bond acceptors (Lipinski definition) is 5. The number of aryl methyl sites for hydroxylation is 1. The quantitative estimate of drug-likeness (QED) is 0.645. The first-order valence-electron chi connectivity index (χ1n) is 6.49. The number of halogens is 1. The molecule has 0 aliphatic carbocycles. The lowest BCUT2D eigenvalue weighted by atomic mass is 10.2. The highest BCUT2D eigenvalue weighted by atomic mass is 19.1. The molecule has 1 aliphatic rings. The van der Waals surface area contributed by atoms with Gasteiger partial charge in [-0.2, -0.15) is 0 Å². The number of hydrogen-bond donors (Lipinski definition) is 0. The Hall–Kier alpha value is -2.90. The molecule has 0 saturated carbocycles. The highest BCUT2D eigenvalue weighted by Crippen LogP contribution is 2.35. The third kappa shape index (κ3) is 2.28. The summed E-state index contributed by atoms with van der Waals surface area (Å²) < 4.78 is 21.5. The monoisotopic (exact) mass is 304 g/mol. The van der Waals surface area contributed by atoms with Gasteiger partial charge in [0.1, 0.15) is 5.82 Å². The van der Waals surface area contributed by atoms with Crippen LogP contribution in [0.25, 0.3) is 0 Å². The molecule has 0 amide bonds. The van der Waals surface area contributed by atoms with E-state index in [-0.39, 0.29) is 11.4 Å². The van der Waals surface area contributed by atoms with Gasteiger partial charge in [0, 0.05) is 26.4 Å². The van der Waals surface area contributed by atoms with Gasteiger partial charge in [-0.15, -0.1) is 0 Å². The van der Waals surface area contributed by atoms with Crippen molar-refractivity contribution in [3.8, 4) is 5.75 Å². The van der Waals surface area contributed by atoms with Crippen LogP contribution in [-0.2, 0) is 7.05 Å². The Balaban J connectivity index is 1.92. The van der Waals surface area contributed by atoms with Crippen LogP contribution in [0.5, 0.6) is 5.75 Å². The van der Waals surface area contributed by atoms with Crippen molar-refractivity contribution in [2.24, 2.45) is 12.0 Å². The lowest BCUT2D eigenvalue weighted by molar-refractivity contribution is -0.385. The average Bonchev–Trinajstić information content (AvgIpc) is 2.85. The van der Waals surface area contributed by atoms with Gasteiger partial charge in [0.25, 0.3) is 5.69 Å². The second kappa shape index (κ2) is 5.14. The predicted molar refractivity (Wildman–Crippen MR) is 77.8 cm³/mol. The van der Waals surface area contributed by atoms with E-state index in [0.717, 1.165) is 17.4 Å². The molecule has 1 aliphatic heterocycles. The van der Waals surface area contributed by atoms with Crippen LogP contribution in [0, 0.1) is 15.9 Å². The molecule has 0 spiro atoms.